The molecule has 0 unspecified atom stereocenters. The summed E-state index contributed by atoms with van der Waals surface area (Å²) >= 11 is 1.24. The number of aryl methyl sites for hydroxylation is 1. The summed E-state index contributed by atoms with van der Waals surface area (Å²) < 4.78 is 82.8. The summed E-state index contributed by atoms with van der Waals surface area (Å²) in [5, 5.41) is 1.12. The molecule has 2 saturated heterocycles. The first-order chi connectivity index (χ1) is 23.7. The third-order valence-corrected chi connectivity index (χ3v) is 10.0. The Kier molecular flexibility index (Phi) is 8.30. The second kappa shape index (κ2) is 12.2. The summed E-state index contributed by atoms with van der Waals surface area (Å²) in [5.74, 6) is -3.05. The molecule has 14 heteroatoms. The lowest BCUT2D eigenvalue weighted by Gasteiger charge is -2.52. The molecule has 2 fully saturated rings. The van der Waals surface area contributed by atoms with Gasteiger partial charge in [-0.15, -0.1) is 6.42 Å². The maximum atomic E-state index is 17.4. The number of carbonyl (C=O) groups excluding carboxylic acids is 1. The lowest BCUT2D eigenvalue weighted by molar-refractivity contribution is -0.133. The number of ether oxygens (including phenoxy) is 3. The predicted octanol–water partition coefficient (Wildman–Crippen LogP) is 7.70. The molecule has 0 saturated carbocycles. The number of piperazine rings is 1. The fourth-order valence-corrected chi connectivity index (χ4v) is 7.98. The number of thioether (sulfide) groups is 1. The Morgan fingerprint density at radius 3 is 2.62 bits per heavy atom. The average Bonchev–Trinajstić information content (AvgIpc) is 3.15. The second-order valence-electron chi connectivity index (χ2n) is 13.6. The van der Waals surface area contributed by atoms with Crippen LogP contribution in [0.4, 0.5) is 28.2 Å². The molecule has 2 aromatic heterocycles. The Morgan fingerprint density at radius 2 is 1.92 bits per heavy atom. The van der Waals surface area contributed by atoms with Crippen molar-refractivity contribution in [3.05, 3.63) is 47.2 Å². The number of aromatic nitrogens is 3. The second-order valence-corrected chi connectivity index (χ2v) is 14.9. The summed E-state index contributed by atoms with van der Waals surface area (Å²) in [7, 11) is 1.45. The molecule has 3 atom stereocenters. The SMILES string of the molecule is C#Cc1c(F)ccc2cc(OCOC)cc(-c3nc4c5c(nc(SCC)nc5c3F)N3C[C@@]5(F)CC[C@@](F)([C@H]3CC4)N5C(=O)OC(C)(C)C)c12. The minimum Gasteiger partial charge on any atom is -0.468 e. The number of alkyl halides is 2. The van der Waals surface area contributed by atoms with Crippen molar-refractivity contribution in [1.82, 2.24) is 19.9 Å². The van der Waals surface area contributed by atoms with Gasteiger partial charge in [-0.1, -0.05) is 30.7 Å². The molecule has 5 heterocycles. The summed E-state index contributed by atoms with van der Waals surface area (Å²) in [4.78, 5) is 29.6. The molecule has 0 radical (unpaired) electrons. The van der Waals surface area contributed by atoms with E-state index in [9.17, 15) is 4.79 Å². The first-order valence-electron chi connectivity index (χ1n) is 16.3. The van der Waals surface area contributed by atoms with Gasteiger partial charge < -0.3 is 19.1 Å². The number of terminal acetylenes is 1. The van der Waals surface area contributed by atoms with Gasteiger partial charge >= 0.3 is 6.09 Å². The zero-order chi connectivity index (χ0) is 35.7. The average molecular weight is 710 g/mol. The molecule has 50 heavy (non-hydrogen) atoms. The lowest BCUT2D eigenvalue weighted by atomic mass is 9.94. The Morgan fingerprint density at radius 1 is 1.14 bits per heavy atom. The smallest absolute Gasteiger partial charge is 0.415 e. The van der Waals surface area contributed by atoms with Crippen LogP contribution in [0.1, 0.15) is 58.2 Å². The quantitative estimate of drug-likeness (QED) is 0.0499. The molecule has 2 bridgehead atoms. The molecule has 0 spiro atoms. The summed E-state index contributed by atoms with van der Waals surface area (Å²) in [5.41, 5.74) is -0.862. The van der Waals surface area contributed by atoms with E-state index in [1.165, 1.54) is 42.0 Å². The van der Waals surface area contributed by atoms with Crippen molar-refractivity contribution in [1.29, 1.82) is 0 Å². The van der Waals surface area contributed by atoms with Gasteiger partial charge in [0.05, 0.1) is 29.2 Å². The minimum atomic E-state index is -2.46. The molecule has 2 aromatic carbocycles. The van der Waals surface area contributed by atoms with Crippen molar-refractivity contribution in [2.24, 2.45) is 0 Å². The number of fused-ring (bicyclic) bond motifs is 6. The number of hydrogen-bond acceptors (Lipinski definition) is 9. The fraction of sp³-hybridized carbons (Fsp3) is 0.444. The highest BCUT2D eigenvalue weighted by Gasteiger charge is 2.69. The molecular weight excluding hydrogens is 674 g/mol. The Hall–Kier alpha value is -4.35. The molecule has 1 amide bonds. The molecule has 0 aliphatic carbocycles. The van der Waals surface area contributed by atoms with Crippen LogP contribution in [0.3, 0.4) is 0 Å². The van der Waals surface area contributed by atoms with Crippen LogP contribution in [0.15, 0.2) is 29.4 Å². The number of hydrogen-bond donors (Lipinski definition) is 0. The van der Waals surface area contributed by atoms with Gasteiger partial charge in [-0.2, -0.15) is 0 Å². The minimum absolute atomic E-state index is 0.0770. The van der Waals surface area contributed by atoms with Gasteiger partial charge in [0.25, 0.3) is 0 Å². The monoisotopic (exact) mass is 709 g/mol. The molecule has 3 aliphatic heterocycles. The standard InChI is InChI=1S/C36H35F4N5O4S/c1-7-21-23(37)10-9-19-15-20(48-18-47-6)16-22(26(19)21)29-28(38)30-27-24(41-29)11-12-25-36(40)14-13-35(39,45(36)33(46)49-34(3,4)5)17-44(25)31(27)43-32(42-30)50-8-2/h1,9-10,15-16,25H,8,11-14,17-18H2,2-6H3/t25-,35-,36+/m1/s1. The van der Waals surface area contributed by atoms with Crippen molar-refractivity contribution in [2.75, 3.05) is 31.1 Å². The van der Waals surface area contributed by atoms with Crippen LogP contribution >= 0.6 is 11.8 Å². The van der Waals surface area contributed by atoms with Crippen LogP contribution in [0.5, 0.6) is 5.75 Å². The molecular formula is C36H35F4N5O4S. The van der Waals surface area contributed by atoms with Crippen molar-refractivity contribution >= 4 is 45.3 Å². The summed E-state index contributed by atoms with van der Waals surface area (Å²) in [6, 6.07) is 4.82. The van der Waals surface area contributed by atoms with Gasteiger partial charge in [0.2, 0.25) is 11.6 Å². The van der Waals surface area contributed by atoms with E-state index in [1.54, 1.807) is 26.8 Å². The molecule has 262 valence electrons. The fourth-order valence-electron chi connectivity index (χ4n) is 7.41. The van der Waals surface area contributed by atoms with Crippen molar-refractivity contribution in [2.45, 2.75) is 81.8 Å². The van der Waals surface area contributed by atoms with E-state index < -0.39 is 47.5 Å². The first kappa shape index (κ1) is 34.1. The van der Waals surface area contributed by atoms with Gasteiger partial charge in [0.15, 0.2) is 17.8 Å². The number of anilines is 1. The van der Waals surface area contributed by atoms with E-state index in [4.69, 9.17) is 30.6 Å². The van der Waals surface area contributed by atoms with E-state index in [-0.39, 0.29) is 76.6 Å². The predicted molar refractivity (Wildman–Crippen MR) is 181 cm³/mol. The Bertz CT molecular complexity index is 2110. The van der Waals surface area contributed by atoms with Crippen LogP contribution < -0.4 is 9.64 Å². The number of methoxy groups -OCH3 is 1. The number of pyridine rings is 1. The molecule has 4 aromatic rings. The molecule has 0 N–H and O–H groups in total. The third-order valence-electron chi connectivity index (χ3n) is 9.31. The van der Waals surface area contributed by atoms with Gasteiger partial charge in [-0.25, -0.2) is 42.2 Å². The summed E-state index contributed by atoms with van der Waals surface area (Å²) in [6.45, 7) is 6.24. The maximum absolute atomic E-state index is 17.4. The topological polar surface area (TPSA) is 89.9 Å². The lowest BCUT2D eigenvalue weighted by Crippen LogP contribution is -2.71. The van der Waals surface area contributed by atoms with E-state index in [0.717, 1.165) is 0 Å². The van der Waals surface area contributed by atoms with Gasteiger partial charge in [0.1, 0.15) is 34.2 Å². The number of halogens is 4. The van der Waals surface area contributed by atoms with Crippen molar-refractivity contribution in [3.63, 3.8) is 0 Å². The van der Waals surface area contributed by atoms with Crippen LogP contribution in [0.25, 0.3) is 32.9 Å². The highest BCUT2D eigenvalue weighted by molar-refractivity contribution is 7.99. The van der Waals surface area contributed by atoms with Crippen LogP contribution in [0.2, 0.25) is 0 Å². The van der Waals surface area contributed by atoms with Crippen LogP contribution in [-0.4, -0.2) is 75.4 Å². The molecule has 7 rings (SSSR count). The number of nitrogens with zero attached hydrogens (tertiary/aromatic N) is 5. The van der Waals surface area contributed by atoms with Crippen LogP contribution in [0, 0.1) is 24.0 Å². The highest BCUT2D eigenvalue weighted by atomic mass is 32.2. The number of benzene rings is 2. The van der Waals surface area contributed by atoms with Gasteiger partial charge in [-0.3, -0.25) is 0 Å². The number of amides is 1. The highest BCUT2D eigenvalue weighted by Crippen LogP contribution is 2.55. The Balaban J connectivity index is 1.46. The van der Waals surface area contributed by atoms with Gasteiger partial charge in [-0.05, 0) is 63.0 Å². The number of carbonyl (C=O) groups is 1. The van der Waals surface area contributed by atoms with Crippen LogP contribution in [-0.2, 0) is 15.9 Å². The number of rotatable bonds is 6. The van der Waals surface area contributed by atoms with Crippen molar-refractivity contribution in [3.8, 4) is 29.4 Å². The molecule has 3 aliphatic rings. The van der Waals surface area contributed by atoms with E-state index in [2.05, 4.69) is 10.9 Å². The third kappa shape index (κ3) is 5.37. The molecule has 9 nitrogen and oxygen atoms in total. The zero-order valence-electron chi connectivity index (χ0n) is 28.2. The Labute approximate surface area is 290 Å². The van der Waals surface area contributed by atoms with E-state index in [0.29, 0.717) is 27.5 Å². The zero-order valence-corrected chi connectivity index (χ0v) is 29.0. The maximum Gasteiger partial charge on any atom is 0.415 e. The normalized spacial score (nSPS) is 22.8. The first-order valence-corrected chi connectivity index (χ1v) is 17.3. The largest absolute Gasteiger partial charge is 0.468 e. The van der Waals surface area contributed by atoms with E-state index >= 15 is 17.6 Å². The van der Waals surface area contributed by atoms with Gasteiger partial charge in [0, 0.05) is 30.9 Å². The van der Waals surface area contributed by atoms with E-state index in [1.807, 2.05) is 6.92 Å². The van der Waals surface area contributed by atoms with Crippen molar-refractivity contribution < 1.29 is 36.6 Å². The summed E-state index contributed by atoms with van der Waals surface area (Å²) in [6.07, 6.45) is 4.35.